The fourth-order valence-corrected chi connectivity index (χ4v) is 6.79. The molecule has 6 heteroatoms. The number of benzene rings is 2. The summed E-state index contributed by atoms with van der Waals surface area (Å²) in [6.07, 6.45) is 4.87. The van der Waals surface area contributed by atoms with Gasteiger partial charge in [-0.3, -0.25) is 4.79 Å². The molecule has 1 saturated heterocycles. The molecule has 1 aliphatic heterocycles. The molecule has 0 aromatic heterocycles. The number of hydrogen-bond acceptors (Lipinski definition) is 3. The number of likely N-dealkylation sites (tertiary alicyclic amines) is 1. The number of carbonyl (C=O) groups excluding carboxylic acids is 1. The largest absolute Gasteiger partial charge is 0.480 e. The Bertz CT molecular complexity index is 1100. The molecule has 0 bridgehead atoms. The van der Waals surface area contributed by atoms with E-state index in [-0.39, 0.29) is 40.7 Å². The maximum atomic E-state index is 14.2. The molecule has 4 rings (SSSR count). The van der Waals surface area contributed by atoms with Crippen LogP contribution >= 0.6 is 11.6 Å². The van der Waals surface area contributed by atoms with Crippen LogP contribution < -0.4 is 5.32 Å². The molecule has 0 unspecified atom stereocenters. The van der Waals surface area contributed by atoms with E-state index in [0.29, 0.717) is 11.6 Å². The number of nitrogens with one attached hydrogen (secondary N) is 1. The summed E-state index contributed by atoms with van der Waals surface area (Å²) in [5.41, 5.74) is 1.56. The van der Waals surface area contributed by atoms with Gasteiger partial charge in [-0.25, -0.2) is 4.79 Å². The van der Waals surface area contributed by atoms with Crippen molar-refractivity contribution in [2.24, 2.45) is 17.3 Å². The van der Waals surface area contributed by atoms with Crippen LogP contribution in [-0.2, 0) is 15.0 Å². The Morgan fingerprint density at radius 1 is 0.947 bits per heavy atom. The molecule has 2 aromatic carbocycles. The van der Waals surface area contributed by atoms with E-state index in [2.05, 4.69) is 39.9 Å². The van der Waals surface area contributed by atoms with E-state index in [1.807, 2.05) is 54.6 Å². The Balaban J connectivity index is 1.77. The Hall–Kier alpha value is -2.37. The van der Waals surface area contributed by atoms with Crippen LogP contribution in [0.2, 0.25) is 5.02 Å². The van der Waals surface area contributed by atoms with Crippen LogP contribution in [0.1, 0.15) is 83.9 Å². The predicted molar refractivity (Wildman–Crippen MR) is 153 cm³/mol. The molecular weight excluding hydrogens is 496 g/mol. The maximum Gasteiger partial charge on any atom is 0.326 e. The highest BCUT2D eigenvalue weighted by atomic mass is 35.5. The van der Waals surface area contributed by atoms with Gasteiger partial charge in [0.15, 0.2) is 0 Å². The van der Waals surface area contributed by atoms with Crippen molar-refractivity contribution in [2.45, 2.75) is 90.3 Å². The van der Waals surface area contributed by atoms with Crippen molar-refractivity contribution in [1.82, 2.24) is 10.2 Å². The summed E-state index contributed by atoms with van der Waals surface area (Å²) in [6.45, 7) is 11.3. The van der Waals surface area contributed by atoms with Gasteiger partial charge in [-0.1, -0.05) is 108 Å². The highest BCUT2D eigenvalue weighted by molar-refractivity contribution is 6.30. The number of carboxylic acid groups (broad SMARTS) is 1. The molecule has 206 valence electrons. The van der Waals surface area contributed by atoms with Crippen molar-refractivity contribution in [2.75, 3.05) is 6.54 Å². The van der Waals surface area contributed by atoms with Gasteiger partial charge >= 0.3 is 5.97 Å². The first-order valence-corrected chi connectivity index (χ1v) is 14.4. The van der Waals surface area contributed by atoms with Crippen molar-refractivity contribution in [1.29, 1.82) is 0 Å². The topological polar surface area (TPSA) is 69.6 Å². The van der Waals surface area contributed by atoms with Crippen LogP contribution in [0.15, 0.2) is 54.6 Å². The quantitative estimate of drug-likeness (QED) is 0.404. The lowest BCUT2D eigenvalue weighted by Crippen LogP contribution is -2.50. The third-order valence-corrected chi connectivity index (χ3v) is 8.93. The van der Waals surface area contributed by atoms with Gasteiger partial charge in [0.25, 0.3) is 0 Å². The van der Waals surface area contributed by atoms with Gasteiger partial charge in [-0.15, -0.1) is 0 Å². The zero-order valence-electron chi connectivity index (χ0n) is 23.4. The van der Waals surface area contributed by atoms with E-state index >= 15 is 0 Å². The second kappa shape index (κ2) is 11.4. The lowest BCUT2D eigenvalue weighted by molar-refractivity contribution is -0.154. The minimum absolute atomic E-state index is 0.00136. The molecule has 38 heavy (non-hydrogen) atoms. The third-order valence-electron chi connectivity index (χ3n) is 8.67. The molecule has 2 aliphatic rings. The molecule has 2 aromatic rings. The van der Waals surface area contributed by atoms with Gasteiger partial charge in [0.05, 0.1) is 6.04 Å². The molecule has 2 fully saturated rings. The van der Waals surface area contributed by atoms with Gasteiger partial charge in [0.2, 0.25) is 5.91 Å². The average Bonchev–Trinajstić information content (AvgIpc) is 3.24. The van der Waals surface area contributed by atoms with Gasteiger partial charge < -0.3 is 15.3 Å². The maximum absolute atomic E-state index is 14.2. The molecule has 5 nitrogen and oxygen atoms in total. The van der Waals surface area contributed by atoms with Gasteiger partial charge in [0.1, 0.15) is 6.04 Å². The van der Waals surface area contributed by atoms with Crippen LogP contribution in [0.3, 0.4) is 0 Å². The van der Waals surface area contributed by atoms with E-state index in [4.69, 9.17) is 11.6 Å². The third kappa shape index (κ3) is 5.94. The summed E-state index contributed by atoms with van der Waals surface area (Å²) in [4.78, 5) is 29.0. The molecule has 1 heterocycles. The van der Waals surface area contributed by atoms with Gasteiger partial charge in [-0.2, -0.15) is 0 Å². The Morgan fingerprint density at radius 2 is 1.55 bits per heavy atom. The normalized spacial score (nSPS) is 24.9. The van der Waals surface area contributed by atoms with Crippen LogP contribution in [0.5, 0.6) is 0 Å². The number of carbonyl (C=O) groups is 2. The number of amides is 1. The highest BCUT2D eigenvalue weighted by Gasteiger charge is 2.58. The minimum atomic E-state index is -0.920. The molecule has 1 saturated carbocycles. The molecule has 0 radical (unpaired) electrons. The minimum Gasteiger partial charge on any atom is -0.480 e. The smallest absolute Gasteiger partial charge is 0.326 e. The highest BCUT2D eigenvalue weighted by Crippen LogP contribution is 2.49. The Kier molecular flexibility index (Phi) is 8.59. The summed E-state index contributed by atoms with van der Waals surface area (Å²) in [7, 11) is 0. The summed E-state index contributed by atoms with van der Waals surface area (Å²) in [5, 5.41) is 15.2. The second-order valence-electron chi connectivity index (χ2n) is 12.9. The number of hydrogen-bond donors (Lipinski definition) is 2. The Morgan fingerprint density at radius 3 is 2.11 bits per heavy atom. The first-order valence-electron chi connectivity index (χ1n) is 14.0. The predicted octanol–water partition coefficient (Wildman–Crippen LogP) is 6.86. The molecule has 2 N–H and O–H groups in total. The number of rotatable bonds is 7. The summed E-state index contributed by atoms with van der Waals surface area (Å²) >= 11 is 6.15. The van der Waals surface area contributed by atoms with E-state index in [9.17, 15) is 14.7 Å². The van der Waals surface area contributed by atoms with E-state index < -0.39 is 12.0 Å². The van der Waals surface area contributed by atoms with Crippen LogP contribution in [0.4, 0.5) is 0 Å². The lowest BCUT2D eigenvalue weighted by atomic mass is 9.72. The van der Waals surface area contributed by atoms with Crippen LogP contribution in [-0.4, -0.2) is 40.5 Å². The van der Waals surface area contributed by atoms with E-state index in [0.717, 1.165) is 43.2 Å². The summed E-state index contributed by atoms with van der Waals surface area (Å²) < 4.78 is 0. The zero-order chi connectivity index (χ0) is 27.7. The van der Waals surface area contributed by atoms with Crippen molar-refractivity contribution in [3.63, 3.8) is 0 Å². The molecule has 0 spiro atoms. The molecular formula is C32H43ClN2O3. The zero-order valence-corrected chi connectivity index (χ0v) is 24.2. The monoisotopic (exact) mass is 538 g/mol. The summed E-state index contributed by atoms with van der Waals surface area (Å²) in [6, 6.07) is 16.4. The summed E-state index contributed by atoms with van der Waals surface area (Å²) in [5.74, 6) is -1.31. The average molecular weight is 539 g/mol. The molecule has 4 atom stereocenters. The number of nitrogens with zero attached hydrogens (tertiary/aromatic N) is 1. The first-order chi connectivity index (χ1) is 17.9. The lowest BCUT2D eigenvalue weighted by Gasteiger charge is -2.37. The van der Waals surface area contributed by atoms with Crippen LogP contribution in [0, 0.1) is 17.3 Å². The number of carboxylic acids is 1. The number of halogens is 1. The SMILES string of the molecule is CC(C)(CN[C@H]1[C@H](C(C)(C)C)[C@@H](C(=O)O)N(C(=O)C2CCCCC2)[C@H]1c1ccccc1)c1ccc(Cl)cc1. The van der Waals surface area contributed by atoms with Crippen molar-refractivity contribution < 1.29 is 14.7 Å². The second-order valence-corrected chi connectivity index (χ2v) is 13.3. The van der Waals surface area contributed by atoms with E-state index in [1.54, 1.807) is 4.90 Å². The van der Waals surface area contributed by atoms with Gasteiger partial charge in [-0.05, 0) is 41.5 Å². The number of aliphatic carboxylic acids is 1. The molecule has 1 amide bonds. The van der Waals surface area contributed by atoms with Crippen molar-refractivity contribution >= 4 is 23.5 Å². The van der Waals surface area contributed by atoms with Crippen molar-refractivity contribution in [3.05, 3.63) is 70.7 Å². The van der Waals surface area contributed by atoms with Crippen LogP contribution in [0.25, 0.3) is 0 Å². The standard InChI is InChI=1S/C32H43ClN2O3/c1-31(2,3)25-26(34-20-32(4,5)23-16-18-24(33)19-17-23)27(21-12-8-6-9-13-21)35(28(25)30(37)38)29(36)22-14-10-7-11-15-22/h6,8-9,12-13,16-19,22,25-28,34H,7,10-11,14-15,20H2,1-5H3,(H,37,38)/t25-,26-,27-,28-/m0/s1. The Labute approximate surface area is 233 Å². The fraction of sp³-hybridized carbons (Fsp3) is 0.562. The first kappa shape index (κ1) is 28.6. The fourth-order valence-electron chi connectivity index (χ4n) is 6.66. The van der Waals surface area contributed by atoms with Gasteiger partial charge in [0, 0.05) is 34.9 Å². The van der Waals surface area contributed by atoms with Crippen molar-refractivity contribution in [3.8, 4) is 0 Å². The molecule has 1 aliphatic carbocycles. The van der Waals surface area contributed by atoms with E-state index in [1.165, 1.54) is 0 Å².